The van der Waals surface area contributed by atoms with E-state index in [4.69, 9.17) is 4.74 Å². The summed E-state index contributed by atoms with van der Waals surface area (Å²) in [6.45, 7) is 8.76. The summed E-state index contributed by atoms with van der Waals surface area (Å²) in [5.41, 5.74) is 1.01. The molecule has 0 radical (unpaired) electrons. The first-order chi connectivity index (χ1) is 10.7. The van der Waals surface area contributed by atoms with Gasteiger partial charge in [0, 0.05) is 44.8 Å². The van der Waals surface area contributed by atoms with Crippen molar-refractivity contribution in [3.63, 3.8) is 0 Å². The number of halogens is 2. The Morgan fingerprint density at radius 3 is 2.67 bits per heavy atom. The van der Waals surface area contributed by atoms with Crippen molar-refractivity contribution in [3.8, 4) is 0 Å². The van der Waals surface area contributed by atoms with E-state index in [0.29, 0.717) is 19.6 Å². The molecule has 1 aromatic rings. The SMILES string of the molecule is CCN(CC)c1ccc(CNC(=O)CC2COCCN2)cn1.Cl.Cl. The highest BCUT2D eigenvalue weighted by atomic mass is 35.5. The van der Waals surface area contributed by atoms with Crippen LogP contribution in [0.15, 0.2) is 18.3 Å². The van der Waals surface area contributed by atoms with Crippen molar-refractivity contribution in [3.05, 3.63) is 23.9 Å². The summed E-state index contributed by atoms with van der Waals surface area (Å²) in [7, 11) is 0. The molecule has 2 heterocycles. The van der Waals surface area contributed by atoms with E-state index in [9.17, 15) is 4.79 Å². The molecule has 24 heavy (non-hydrogen) atoms. The third kappa shape index (κ3) is 7.21. The first-order valence-corrected chi connectivity index (χ1v) is 8.00. The maximum atomic E-state index is 11.9. The maximum Gasteiger partial charge on any atom is 0.221 e. The predicted molar refractivity (Wildman–Crippen MR) is 101 cm³/mol. The summed E-state index contributed by atoms with van der Waals surface area (Å²) >= 11 is 0. The molecule has 1 aromatic heterocycles. The van der Waals surface area contributed by atoms with Crippen LogP contribution in [0.1, 0.15) is 25.8 Å². The van der Waals surface area contributed by atoms with Crippen molar-refractivity contribution in [1.82, 2.24) is 15.6 Å². The molecule has 1 atom stereocenters. The van der Waals surface area contributed by atoms with Gasteiger partial charge < -0.3 is 20.3 Å². The number of aromatic nitrogens is 1. The Bertz CT molecular complexity index is 464. The highest BCUT2D eigenvalue weighted by Gasteiger charge is 2.16. The Hall–Kier alpha value is -1.08. The van der Waals surface area contributed by atoms with Gasteiger partial charge in [0.1, 0.15) is 5.82 Å². The third-order valence-electron chi connectivity index (χ3n) is 3.82. The minimum Gasteiger partial charge on any atom is -0.378 e. The van der Waals surface area contributed by atoms with E-state index < -0.39 is 0 Å². The van der Waals surface area contributed by atoms with Crippen LogP contribution < -0.4 is 15.5 Å². The van der Waals surface area contributed by atoms with Crippen molar-refractivity contribution >= 4 is 36.5 Å². The molecule has 2 rings (SSSR count). The highest BCUT2D eigenvalue weighted by Crippen LogP contribution is 2.10. The second-order valence-corrected chi connectivity index (χ2v) is 5.40. The van der Waals surface area contributed by atoms with Crippen LogP contribution >= 0.6 is 24.8 Å². The van der Waals surface area contributed by atoms with Crippen LogP contribution in [0.5, 0.6) is 0 Å². The monoisotopic (exact) mass is 378 g/mol. The molecule has 2 N–H and O–H groups in total. The molecule has 1 aliphatic heterocycles. The van der Waals surface area contributed by atoms with E-state index in [-0.39, 0.29) is 36.8 Å². The molecule has 1 amide bonds. The molecular weight excluding hydrogens is 351 g/mol. The quantitative estimate of drug-likeness (QED) is 0.756. The number of amides is 1. The lowest BCUT2D eigenvalue weighted by Gasteiger charge is -2.23. The van der Waals surface area contributed by atoms with E-state index in [1.807, 2.05) is 18.3 Å². The number of carbonyl (C=O) groups is 1. The number of hydrogen-bond donors (Lipinski definition) is 2. The second-order valence-electron chi connectivity index (χ2n) is 5.40. The number of nitrogens with one attached hydrogen (secondary N) is 2. The van der Waals surface area contributed by atoms with Crippen LogP contribution in [-0.2, 0) is 16.1 Å². The standard InChI is InChI=1S/C16H26N4O2.2ClH/c1-3-20(4-2)15-6-5-13(10-18-15)11-19-16(21)9-14-12-22-8-7-17-14;;/h5-6,10,14,17H,3-4,7-9,11-12H2,1-2H3,(H,19,21);2*1H. The van der Waals surface area contributed by atoms with Gasteiger partial charge in [-0.2, -0.15) is 0 Å². The van der Waals surface area contributed by atoms with Gasteiger partial charge in [0.25, 0.3) is 0 Å². The number of nitrogens with zero attached hydrogens (tertiary/aromatic N) is 2. The largest absolute Gasteiger partial charge is 0.378 e. The number of morpholine rings is 1. The zero-order valence-electron chi connectivity index (χ0n) is 14.3. The van der Waals surface area contributed by atoms with Crippen LogP contribution in [0.4, 0.5) is 5.82 Å². The van der Waals surface area contributed by atoms with Crippen molar-refractivity contribution in [2.24, 2.45) is 0 Å². The lowest BCUT2D eigenvalue weighted by atomic mass is 10.2. The summed E-state index contributed by atoms with van der Waals surface area (Å²) in [6.07, 6.45) is 2.28. The number of pyridine rings is 1. The van der Waals surface area contributed by atoms with Crippen molar-refractivity contribution in [2.75, 3.05) is 37.7 Å². The fourth-order valence-electron chi connectivity index (χ4n) is 2.50. The van der Waals surface area contributed by atoms with Crippen LogP contribution in [0.3, 0.4) is 0 Å². The molecule has 1 fully saturated rings. The Morgan fingerprint density at radius 1 is 1.38 bits per heavy atom. The minimum absolute atomic E-state index is 0. The Kier molecular flexibility index (Phi) is 11.8. The Balaban J connectivity index is 0.00000264. The molecular formula is C16H28Cl2N4O2. The molecule has 1 saturated heterocycles. The number of rotatable bonds is 7. The fourth-order valence-corrected chi connectivity index (χ4v) is 2.50. The first-order valence-electron chi connectivity index (χ1n) is 8.00. The summed E-state index contributed by atoms with van der Waals surface area (Å²) in [6, 6.07) is 4.14. The topological polar surface area (TPSA) is 66.5 Å². The van der Waals surface area contributed by atoms with Gasteiger partial charge in [-0.1, -0.05) is 6.07 Å². The lowest BCUT2D eigenvalue weighted by Crippen LogP contribution is -2.44. The van der Waals surface area contributed by atoms with Crippen LogP contribution in [0.25, 0.3) is 0 Å². The highest BCUT2D eigenvalue weighted by molar-refractivity contribution is 5.85. The van der Waals surface area contributed by atoms with E-state index in [1.54, 1.807) is 0 Å². The van der Waals surface area contributed by atoms with Crippen LogP contribution in [0.2, 0.25) is 0 Å². The zero-order chi connectivity index (χ0) is 15.8. The van der Waals surface area contributed by atoms with E-state index in [1.165, 1.54) is 0 Å². The van der Waals surface area contributed by atoms with Gasteiger partial charge in [0.2, 0.25) is 5.91 Å². The van der Waals surface area contributed by atoms with Gasteiger partial charge >= 0.3 is 0 Å². The normalized spacial score (nSPS) is 16.5. The molecule has 0 saturated carbocycles. The molecule has 6 nitrogen and oxygen atoms in total. The molecule has 0 spiro atoms. The number of ether oxygens (including phenoxy) is 1. The van der Waals surface area contributed by atoms with Gasteiger partial charge in [-0.3, -0.25) is 4.79 Å². The molecule has 0 aliphatic carbocycles. The van der Waals surface area contributed by atoms with E-state index in [0.717, 1.165) is 37.6 Å². The average Bonchev–Trinajstić information content (AvgIpc) is 2.56. The summed E-state index contributed by atoms with van der Waals surface area (Å²) in [4.78, 5) is 18.6. The number of hydrogen-bond acceptors (Lipinski definition) is 5. The summed E-state index contributed by atoms with van der Waals surface area (Å²) in [5, 5.41) is 6.21. The summed E-state index contributed by atoms with van der Waals surface area (Å²) in [5.74, 6) is 1.01. The summed E-state index contributed by atoms with van der Waals surface area (Å²) < 4.78 is 5.35. The van der Waals surface area contributed by atoms with Gasteiger partial charge in [-0.15, -0.1) is 24.8 Å². The average molecular weight is 379 g/mol. The Labute approximate surface area is 156 Å². The lowest BCUT2D eigenvalue weighted by molar-refractivity contribution is -0.122. The van der Waals surface area contributed by atoms with Crippen LogP contribution in [0, 0.1) is 0 Å². The van der Waals surface area contributed by atoms with E-state index >= 15 is 0 Å². The smallest absolute Gasteiger partial charge is 0.221 e. The fraction of sp³-hybridized carbons (Fsp3) is 0.625. The minimum atomic E-state index is 0. The number of anilines is 1. The molecule has 1 unspecified atom stereocenters. The van der Waals surface area contributed by atoms with Gasteiger partial charge in [-0.25, -0.2) is 4.98 Å². The van der Waals surface area contributed by atoms with Crippen molar-refractivity contribution < 1.29 is 9.53 Å². The first kappa shape index (κ1) is 22.9. The van der Waals surface area contributed by atoms with Gasteiger partial charge in [0.15, 0.2) is 0 Å². The van der Waals surface area contributed by atoms with Crippen molar-refractivity contribution in [1.29, 1.82) is 0 Å². The molecule has 138 valence electrons. The predicted octanol–water partition coefficient (Wildman–Crippen LogP) is 1.77. The van der Waals surface area contributed by atoms with Gasteiger partial charge in [-0.05, 0) is 25.5 Å². The molecule has 1 aliphatic rings. The number of carbonyl (C=O) groups excluding carboxylic acids is 1. The molecule has 0 bridgehead atoms. The van der Waals surface area contributed by atoms with Gasteiger partial charge in [0.05, 0.1) is 13.2 Å². The molecule has 8 heteroatoms. The third-order valence-corrected chi connectivity index (χ3v) is 3.82. The second kappa shape index (κ2) is 12.3. The zero-order valence-corrected chi connectivity index (χ0v) is 15.9. The Morgan fingerprint density at radius 2 is 2.12 bits per heavy atom. The van der Waals surface area contributed by atoms with Crippen molar-refractivity contribution in [2.45, 2.75) is 32.9 Å². The van der Waals surface area contributed by atoms with Crippen LogP contribution in [-0.4, -0.2) is 49.8 Å². The molecule has 0 aromatic carbocycles. The van der Waals surface area contributed by atoms with E-state index in [2.05, 4.69) is 34.4 Å². The maximum absolute atomic E-state index is 11.9.